The first kappa shape index (κ1) is 16.7. The Labute approximate surface area is 128 Å². The summed E-state index contributed by atoms with van der Waals surface area (Å²) in [6, 6.07) is 4.94. The van der Waals surface area contributed by atoms with Crippen LogP contribution in [-0.2, 0) is 4.79 Å². The molecule has 1 rings (SSSR count). The second kappa shape index (κ2) is 7.43. The number of carbonyl (C=O) groups is 2. The number of nitrogens with one attached hydrogen (secondary N) is 2. The van der Waals surface area contributed by atoms with E-state index in [-0.39, 0.29) is 11.8 Å². The van der Waals surface area contributed by atoms with E-state index in [0.717, 1.165) is 10.0 Å². The summed E-state index contributed by atoms with van der Waals surface area (Å²) in [4.78, 5) is 24.0. The van der Waals surface area contributed by atoms with Gasteiger partial charge in [0.2, 0.25) is 5.91 Å². The molecule has 0 aliphatic rings. The Hall–Kier alpha value is -1.36. The van der Waals surface area contributed by atoms with Crippen LogP contribution in [0.15, 0.2) is 22.7 Å². The van der Waals surface area contributed by atoms with Crippen molar-refractivity contribution in [3.63, 3.8) is 0 Å². The molecule has 2 amide bonds. The van der Waals surface area contributed by atoms with E-state index >= 15 is 0 Å². The Kier molecular flexibility index (Phi) is 6.20. The molecule has 0 saturated carbocycles. The molecule has 0 saturated heterocycles. The fraction of sp³-hybridized carbons (Fsp3) is 0.467. The normalized spacial score (nSPS) is 12.1. The van der Waals surface area contributed by atoms with E-state index in [1.54, 1.807) is 13.0 Å². The molecule has 0 aromatic heterocycles. The highest BCUT2D eigenvalue weighted by atomic mass is 79.9. The Bertz CT molecular complexity index is 501. The molecule has 1 aromatic carbocycles. The molecule has 4 nitrogen and oxygen atoms in total. The summed E-state index contributed by atoms with van der Waals surface area (Å²) in [7, 11) is 0. The number of rotatable bonds is 5. The summed E-state index contributed by atoms with van der Waals surface area (Å²) < 4.78 is 0.838. The zero-order valence-electron chi connectivity index (χ0n) is 12.3. The molecule has 5 heteroatoms. The Morgan fingerprint density at radius 1 is 1.25 bits per heavy atom. The van der Waals surface area contributed by atoms with Crippen LogP contribution in [0.1, 0.15) is 36.7 Å². The number of benzene rings is 1. The SMILES string of the molecule is Cc1ccc(Br)cc1C(=O)NC(C)C(=O)NCC(C)C. The molecule has 0 aliphatic heterocycles. The maximum Gasteiger partial charge on any atom is 0.252 e. The summed E-state index contributed by atoms with van der Waals surface area (Å²) in [6.45, 7) is 8.20. The zero-order chi connectivity index (χ0) is 15.3. The fourth-order valence-electron chi connectivity index (χ4n) is 1.64. The van der Waals surface area contributed by atoms with Crippen molar-refractivity contribution in [2.45, 2.75) is 33.7 Å². The summed E-state index contributed by atoms with van der Waals surface area (Å²) in [6.07, 6.45) is 0. The molecular formula is C15H21BrN2O2. The molecule has 0 spiro atoms. The minimum absolute atomic E-state index is 0.167. The quantitative estimate of drug-likeness (QED) is 0.865. The lowest BCUT2D eigenvalue weighted by atomic mass is 10.1. The highest BCUT2D eigenvalue weighted by Crippen LogP contribution is 2.16. The van der Waals surface area contributed by atoms with Crippen molar-refractivity contribution in [2.75, 3.05) is 6.54 Å². The van der Waals surface area contributed by atoms with Crippen LogP contribution in [0.2, 0.25) is 0 Å². The van der Waals surface area contributed by atoms with Crippen molar-refractivity contribution in [1.82, 2.24) is 10.6 Å². The van der Waals surface area contributed by atoms with Gasteiger partial charge in [-0.05, 0) is 37.5 Å². The van der Waals surface area contributed by atoms with Crippen molar-refractivity contribution in [3.8, 4) is 0 Å². The van der Waals surface area contributed by atoms with Gasteiger partial charge in [-0.1, -0.05) is 35.8 Å². The Morgan fingerprint density at radius 2 is 1.90 bits per heavy atom. The van der Waals surface area contributed by atoms with Crippen molar-refractivity contribution >= 4 is 27.7 Å². The van der Waals surface area contributed by atoms with E-state index in [2.05, 4.69) is 26.6 Å². The van der Waals surface area contributed by atoms with Crippen LogP contribution < -0.4 is 10.6 Å². The molecular weight excluding hydrogens is 320 g/mol. The lowest BCUT2D eigenvalue weighted by Crippen LogP contribution is -2.45. The average Bonchev–Trinajstić information content (AvgIpc) is 2.38. The van der Waals surface area contributed by atoms with Crippen LogP contribution in [-0.4, -0.2) is 24.4 Å². The van der Waals surface area contributed by atoms with Gasteiger partial charge in [0.25, 0.3) is 5.91 Å². The minimum Gasteiger partial charge on any atom is -0.354 e. The third-order valence-corrected chi connectivity index (χ3v) is 3.36. The van der Waals surface area contributed by atoms with Crippen LogP contribution in [0, 0.1) is 12.8 Å². The first-order chi connectivity index (χ1) is 9.31. The lowest BCUT2D eigenvalue weighted by Gasteiger charge is -2.16. The molecule has 0 aliphatic carbocycles. The van der Waals surface area contributed by atoms with E-state index in [0.29, 0.717) is 18.0 Å². The number of aryl methyl sites for hydroxylation is 1. The van der Waals surface area contributed by atoms with Crippen LogP contribution in [0.4, 0.5) is 0 Å². The van der Waals surface area contributed by atoms with Gasteiger partial charge in [-0.25, -0.2) is 0 Å². The highest BCUT2D eigenvalue weighted by molar-refractivity contribution is 9.10. The van der Waals surface area contributed by atoms with Crippen LogP contribution >= 0.6 is 15.9 Å². The molecule has 110 valence electrons. The van der Waals surface area contributed by atoms with E-state index in [1.165, 1.54) is 0 Å². The average molecular weight is 341 g/mol. The molecule has 0 fully saturated rings. The monoisotopic (exact) mass is 340 g/mol. The van der Waals surface area contributed by atoms with Gasteiger partial charge in [-0.15, -0.1) is 0 Å². The highest BCUT2D eigenvalue weighted by Gasteiger charge is 2.17. The lowest BCUT2D eigenvalue weighted by molar-refractivity contribution is -0.122. The summed E-state index contributed by atoms with van der Waals surface area (Å²) in [5.74, 6) is -0.0233. The van der Waals surface area contributed by atoms with Gasteiger partial charge in [0.1, 0.15) is 6.04 Å². The third-order valence-electron chi connectivity index (χ3n) is 2.87. The van der Waals surface area contributed by atoms with Crippen molar-refractivity contribution in [3.05, 3.63) is 33.8 Å². The van der Waals surface area contributed by atoms with E-state index in [1.807, 2.05) is 32.9 Å². The smallest absolute Gasteiger partial charge is 0.252 e. The minimum atomic E-state index is -0.556. The second-order valence-corrected chi connectivity index (χ2v) is 6.21. The van der Waals surface area contributed by atoms with Gasteiger partial charge in [0.05, 0.1) is 0 Å². The summed E-state index contributed by atoms with van der Waals surface area (Å²) in [5.41, 5.74) is 1.45. The van der Waals surface area contributed by atoms with E-state index in [4.69, 9.17) is 0 Å². The van der Waals surface area contributed by atoms with Gasteiger partial charge in [-0.2, -0.15) is 0 Å². The predicted octanol–water partition coefficient (Wildman–Crippen LogP) is 2.65. The van der Waals surface area contributed by atoms with Crippen molar-refractivity contribution in [1.29, 1.82) is 0 Å². The molecule has 1 unspecified atom stereocenters. The molecule has 1 atom stereocenters. The number of hydrogen-bond donors (Lipinski definition) is 2. The molecule has 0 bridgehead atoms. The van der Waals surface area contributed by atoms with Gasteiger partial charge in [0, 0.05) is 16.6 Å². The Balaban J connectivity index is 2.65. The van der Waals surface area contributed by atoms with E-state index < -0.39 is 6.04 Å². The maximum atomic E-state index is 12.2. The largest absolute Gasteiger partial charge is 0.354 e. The van der Waals surface area contributed by atoms with Gasteiger partial charge in [-0.3, -0.25) is 9.59 Å². The predicted molar refractivity (Wildman–Crippen MR) is 83.7 cm³/mol. The van der Waals surface area contributed by atoms with Crippen molar-refractivity contribution in [2.24, 2.45) is 5.92 Å². The van der Waals surface area contributed by atoms with Crippen molar-refractivity contribution < 1.29 is 9.59 Å². The van der Waals surface area contributed by atoms with Crippen LogP contribution in [0.25, 0.3) is 0 Å². The fourth-order valence-corrected chi connectivity index (χ4v) is 2.00. The van der Waals surface area contributed by atoms with E-state index in [9.17, 15) is 9.59 Å². The van der Waals surface area contributed by atoms with Gasteiger partial charge < -0.3 is 10.6 Å². The number of hydrogen-bond acceptors (Lipinski definition) is 2. The molecule has 2 N–H and O–H groups in total. The third kappa shape index (κ3) is 4.96. The van der Waals surface area contributed by atoms with Gasteiger partial charge >= 0.3 is 0 Å². The second-order valence-electron chi connectivity index (χ2n) is 5.29. The number of amides is 2. The zero-order valence-corrected chi connectivity index (χ0v) is 13.9. The number of carbonyl (C=O) groups excluding carboxylic acids is 2. The number of halogens is 1. The first-order valence-corrected chi connectivity index (χ1v) is 7.45. The Morgan fingerprint density at radius 3 is 2.50 bits per heavy atom. The molecule has 20 heavy (non-hydrogen) atoms. The summed E-state index contributed by atoms with van der Waals surface area (Å²) >= 11 is 3.34. The molecule has 0 radical (unpaired) electrons. The maximum absolute atomic E-state index is 12.2. The molecule has 1 aromatic rings. The standard InChI is InChI=1S/C15H21BrN2O2/c1-9(2)8-17-14(19)11(4)18-15(20)13-7-12(16)6-5-10(13)3/h5-7,9,11H,8H2,1-4H3,(H,17,19)(H,18,20). The van der Waals surface area contributed by atoms with Crippen LogP contribution in [0.3, 0.4) is 0 Å². The topological polar surface area (TPSA) is 58.2 Å². The molecule has 0 heterocycles. The van der Waals surface area contributed by atoms with Gasteiger partial charge in [0.15, 0.2) is 0 Å². The first-order valence-electron chi connectivity index (χ1n) is 6.66. The summed E-state index contributed by atoms with van der Waals surface area (Å²) in [5, 5.41) is 5.52. The van der Waals surface area contributed by atoms with Crippen LogP contribution in [0.5, 0.6) is 0 Å².